The third-order valence-electron chi connectivity index (χ3n) is 6.37. The third-order valence-corrected chi connectivity index (χ3v) is 8.51. The van der Waals surface area contributed by atoms with Gasteiger partial charge < -0.3 is 14.8 Å². The number of hydrogen-bond acceptors (Lipinski definition) is 5. The highest BCUT2D eigenvalue weighted by molar-refractivity contribution is 7.89. The van der Waals surface area contributed by atoms with Crippen LogP contribution in [0, 0.1) is 5.92 Å². The van der Waals surface area contributed by atoms with Crippen molar-refractivity contribution in [2.45, 2.75) is 49.2 Å². The quantitative estimate of drug-likeness (QED) is 0.706. The van der Waals surface area contributed by atoms with E-state index >= 15 is 0 Å². The van der Waals surface area contributed by atoms with Crippen LogP contribution < -0.4 is 14.8 Å². The fourth-order valence-corrected chi connectivity index (χ4v) is 6.31. The van der Waals surface area contributed by atoms with Crippen LogP contribution >= 0.6 is 11.6 Å². The molecule has 5 rings (SSSR count). The summed E-state index contributed by atoms with van der Waals surface area (Å²) in [5, 5.41) is 3.40. The number of amides is 1. The van der Waals surface area contributed by atoms with Gasteiger partial charge in [0.15, 0.2) is 11.5 Å². The van der Waals surface area contributed by atoms with Crippen molar-refractivity contribution >= 4 is 33.2 Å². The van der Waals surface area contributed by atoms with Crippen molar-refractivity contribution in [3.05, 3.63) is 47.5 Å². The van der Waals surface area contributed by atoms with Gasteiger partial charge in [0.1, 0.15) is 0 Å². The monoisotopic (exact) mass is 476 g/mol. The van der Waals surface area contributed by atoms with Gasteiger partial charge in [-0.2, -0.15) is 4.31 Å². The van der Waals surface area contributed by atoms with Gasteiger partial charge >= 0.3 is 0 Å². The van der Waals surface area contributed by atoms with Crippen LogP contribution in [0.2, 0.25) is 5.02 Å². The number of halogens is 1. The molecule has 1 atom stereocenters. The lowest BCUT2D eigenvalue weighted by atomic mass is 9.98. The van der Waals surface area contributed by atoms with Gasteiger partial charge in [0.2, 0.25) is 15.9 Å². The van der Waals surface area contributed by atoms with E-state index in [1.807, 2.05) is 6.07 Å². The van der Waals surface area contributed by atoms with E-state index in [0.717, 1.165) is 25.7 Å². The van der Waals surface area contributed by atoms with E-state index in [1.165, 1.54) is 16.4 Å². The second-order valence-corrected chi connectivity index (χ2v) is 11.0. The lowest BCUT2D eigenvalue weighted by Crippen LogP contribution is -2.43. The van der Waals surface area contributed by atoms with Crippen LogP contribution in [0.1, 0.15) is 38.5 Å². The number of piperidine rings is 1. The van der Waals surface area contributed by atoms with Gasteiger partial charge in [-0.15, -0.1) is 0 Å². The zero-order valence-electron chi connectivity index (χ0n) is 17.6. The van der Waals surface area contributed by atoms with Crippen LogP contribution in [0.3, 0.4) is 0 Å². The summed E-state index contributed by atoms with van der Waals surface area (Å²) in [4.78, 5) is 13.1. The number of sulfonamides is 1. The van der Waals surface area contributed by atoms with Crippen LogP contribution in [0.15, 0.2) is 47.4 Å². The van der Waals surface area contributed by atoms with Gasteiger partial charge in [-0.25, -0.2) is 8.42 Å². The Morgan fingerprint density at radius 2 is 1.75 bits per heavy atom. The number of nitrogens with one attached hydrogen (secondary N) is 1. The molecule has 3 aliphatic rings. The maximum Gasteiger partial charge on any atom is 0.251 e. The lowest BCUT2D eigenvalue weighted by Gasteiger charge is -2.31. The van der Waals surface area contributed by atoms with E-state index in [2.05, 4.69) is 5.32 Å². The predicted molar refractivity (Wildman–Crippen MR) is 120 cm³/mol. The number of benzene rings is 2. The van der Waals surface area contributed by atoms with Crippen molar-refractivity contribution in [3.63, 3.8) is 0 Å². The summed E-state index contributed by atoms with van der Waals surface area (Å²) in [6.45, 7) is 0.533. The Hall–Kier alpha value is -2.29. The fourth-order valence-electron chi connectivity index (χ4n) is 4.66. The molecule has 1 unspecified atom stereocenters. The summed E-state index contributed by atoms with van der Waals surface area (Å²) in [5.74, 6) is 0.154. The van der Waals surface area contributed by atoms with E-state index < -0.39 is 21.7 Å². The number of nitrogens with zero attached hydrogens (tertiary/aromatic N) is 1. The van der Waals surface area contributed by atoms with Gasteiger partial charge in [-0.1, -0.05) is 11.6 Å². The van der Waals surface area contributed by atoms with Gasteiger partial charge in [0.05, 0.1) is 10.8 Å². The van der Waals surface area contributed by atoms with Crippen molar-refractivity contribution in [3.8, 4) is 11.5 Å². The molecule has 170 valence electrons. The molecule has 1 aliphatic carbocycles. The molecule has 2 aromatic carbocycles. The molecule has 1 spiro atoms. The zero-order chi connectivity index (χ0) is 22.3. The first-order chi connectivity index (χ1) is 15.3. The molecule has 2 aromatic rings. The Morgan fingerprint density at radius 3 is 2.50 bits per heavy atom. The van der Waals surface area contributed by atoms with Crippen LogP contribution in [-0.2, 0) is 14.8 Å². The molecule has 1 amide bonds. The van der Waals surface area contributed by atoms with Crippen molar-refractivity contribution in [1.29, 1.82) is 0 Å². The molecule has 0 aromatic heterocycles. The number of rotatable bonds is 4. The normalized spacial score (nSPS) is 22.2. The molecular formula is C23H25ClN2O5S. The van der Waals surface area contributed by atoms with E-state index in [1.54, 1.807) is 24.3 Å². The molecule has 2 fully saturated rings. The summed E-state index contributed by atoms with van der Waals surface area (Å²) in [7, 11) is -3.68. The Bertz CT molecular complexity index is 1130. The molecule has 2 heterocycles. The van der Waals surface area contributed by atoms with Gasteiger partial charge in [-0.05, 0) is 62.1 Å². The first kappa shape index (κ1) is 21.6. The fraction of sp³-hybridized carbons (Fsp3) is 0.435. The van der Waals surface area contributed by atoms with Crippen molar-refractivity contribution in [1.82, 2.24) is 4.31 Å². The van der Waals surface area contributed by atoms with Gasteiger partial charge in [0, 0.05) is 42.7 Å². The molecule has 1 saturated heterocycles. The lowest BCUT2D eigenvalue weighted by molar-refractivity contribution is -0.120. The Balaban J connectivity index is 1.26. The van der Waals surface area contributed by atoms with Crippen LogP contribution in [0.25, 0.3) is 0 Å². The van der Waals surface area contributed by atoms with Crippen molar-refractivity contribution in [2.24, 2.45) is 5.92 Å². The third kappa shape index (κ3) is 4.07. The van der Waals surface area contributed by atoms with Gasteiger partial charge in [0.25, 0.3) is 5.79 Å². The maximum atomic E-state index is 13.0. The zero-order valence-corrected chi connectivity index (χ0v) is 19.1. The highest BCUT2D eigenvalue weighted by atomic mass is 35.5. The average Bonchev–Trinajstić information content (AvgIpc) is 3.39. The highest BCUT2D eigenvalue weighted by Gasteiger charge is 2.44. The molecule has 32 heavy (non-hydrogen) atoms. The van der Waals surface area contributed by atoms with E-state index in [0.29, 0.717) is 41.6 Å². The molecular weight excluding hydrogens is 452 g/mol. The smallest absolute Gasteiger partial charge is 0.251 e. The number of ether oxygens (including phenoxy) is 2. The van der Waals surface area contributed by atoms with E-state index in [4.69, 9.17) is 21.1 Å². The Labute approximate surface area is 192 Å². The number of fused-ring (bicyclic) bond motifs is 1. The van der Waals surface area contributed by atoms with E-state index in [9.17, 15) is 13.2 Å². The van der Waals surface area contributed by atoms with Gasteiger partial charge in [-0.3, -0.25) is 4.79 Å². The number of hydrogen-bond donors (Lipinski definition) is 1. The van der Waals surface area contributed by atoms with E-state index in [-0.39, 0.29) is 17.3 Å². The van der Waals surface area contributed by atoms with Crippen LogP contribution in [0.5, 0.6) is 11.5 Å². The summed E-state index contributed by atoms with van der Waals surface area (Å²) in [6, 6.07) is 11.5. The molecule has 1 N–H and O–H groups in total. The highest BCUT2D eigenvalue weighted by Crippen LogP contribution is 2.47. The van der Waals surface area contributed by atoms with Crippen LogP contribution in [0.4, 0.5) is 5.69 Å². The predicted octanol–water partition coefficient (Wildman–Crippen LogP) is 4.42. The summed E-state index contributed by atoms with van der Waals surface area (Å²) < 4.78 is 39.5. The SMILES string of the molecule is O=C(Nc1ccc2c(c1)OC1(CCCC1)O2)C1CCCN(S(=O)(=O)c2ccc(Cl)cc2)C1. The summed E-state index contributed by atoms with van der Waals surface area (Å²) in [5.41, 5.74) is 0.616. The second kappa shape index (κ2) is 8.24. The maximum absolute atomic E-state index is 13.0. The Morgan fingerprint density at radius 1 is 1.03 bits per heavy atom. The largest absolute Gasteiger partial charge is 0.448 e. The molecule has 1 saturated carbocycles. The molecule has 2 aliphatic heterocycles. The van der Waals surface area contributed by atoms with Crippen molar-refractivity contribution in [2.75, 3.05) is 18.4 Å². The molecule has 7 nitrogen and oxygen atoms in total. The molecule has 0 bridgehead atoms. The molecule has 0 radical (unpaired) electrons. The minimum Gasteiger partial charge on any atom is -0.448 e. The minimum atomic E-state index is -3.68. The standard InChI is InChI=1S/C23H25ClN2O5S/c24-17-5-8-19(9-6-17)32(28,29)26-13-3-4-16(15-26)22(27)25-18-7-10-20-21(14-18)31-23(30-20)11-1-2-12-23/h5-10,14,16H,1-4,11-13,15H2,(H,25,27). The summed E-state index contributed by atoms with van der Waals surface area (Å²) >= 11 is 5.88. The Kier molecular flexibility index (Phi) is 5.55. The number of anilines is 1. The van der Waals surface area contributed by atoms with Crippen molar-refractivity contribution < 1.29 is 22.7 Å². The second-order valence-electron chi connectivity index (χ2n) is 8.63. The summed E-state index contributed by atoms with van der Waals surface area (Å²) in [6.07, 6.45) is 5.14. The molecule has 9 heteroatoms. The number of carbonyl (C=O) groups excluding carboxylic acids is 1. The first-order valence-corrected chi connectivity index (χ1v) is 12.8. The minimum absolute atomic E-state index is 0.143. The topological polar surface area (TPSA) is 84.9 Å². The first-order valence-electron chi connectivity index (χ1n) is 10.9. The van der Waals surface area contributed by atoms with Crippen LogP contribution in [-0.4, -0.2) is 37.5 Å². The average molecular weight is 477 g/mol. The number of carbonyl (C=O) groups is 1.